The van der Waals surface area contributed by atoms with Gasteiger partial charge in [0.1, 0.15) is 23.8 Å². The van der Waals surface area contributed by atoms with E-state index >= 15 is 0 Å². The number of anilines is 1. The highest BCUT2D eigenvalue weighted by Gasteiger charge is 2.47. The van der Waals surface area contributed by atoms with E-state index < -0.39 is 111 Å². The molecule has 28 nitrogen and oxygen atoms in total. The molecular formula is C45H57N5O23P3S3+. The Labute approximate surface area is 452 Å². The summed E-state index contributed by atoms with van der Waals surface area (Å²) in [6.07, 6.45) is 6.71. The minimum absolute atomic E-state index is 0.00944. The fourth-order valence-corrected chi connectivity index (χ4v) is 14.8. The lowest BCUT2D eigenvalue weighted by Crippen LogP contribution is -2.33. The Hall–Kier alpha value is -4.85. The largest absolute Gasteiger partial charge is 0.490 e. The summed E-state index contributed by atoms with van der Waals surface area (Å²) in [6, 6.07) is 9.36. The number of hydrogen-bond acceptors (Lipinski definition) is 18. The Kier molecular flexibility index (Phi) is 17.6. The molecule has 4 aromatic rings. The third-order valence-corrected chi connectivity index (χ3v) is 19.7. The molecule has 432 valence electrons. The highest BCUT2D eigenvalue weighted by molar-refractivity contribution is 7.87. The van der Waals surface area contributed by atoms with Crippen molar-refractivity contribution in [1.82, 2.24) is 14.9 Å². The van der Waals surface area contributed by atoms with Crippen LogP contribution in [0, 0.1) is 0 Å². The number of aliphatic hydroxyl groups is 1. The van der Waals surface area contributed by atoms with E-state index in [1.807, 2.05) is 62.3 Å². The van der Waals surface area contributed by atoms with Gasteiger partial charge in [-0.15, -0.1) is 0 Å². The van der Waals surface area contributed by atoms with E-state index in [-0.39, 0.29) is 27.7 Å². The average Bonchev–Trinajstić information content (AvgIpc) is 4.14. The minimum atomic E-state index is -5.82. The predicted molar refractivity (Wildman–Crippen MR) is 282 cm³/mol. The fourth-order valence-electron chi connectivity index (χ4n) is 9.87. The van der Waals surface area contributed by atoms with Crippen molar-refractivity contribution >= 4 is 87.8 Å². The van der Waals surface area contributed by atoms with Crippen LogP contribution in [-0.4, -0.2) is 122 Å². The molecule has 34 heteroatoms. The summed E-state index contributed by atoms with van der Waals surface area (Å²) in [4.78, 5) is 64.6. The molecule has 10 N–H and O–H groups in total. The second kappa shape index (κ2) is 22.5. The lowest BCUT2D eigenvalue weighted by atomic mass is 9.79. The number of ether oxygens (including phenoxy) is 1. The number of rotatable bonds is 22. The van der Waals surface area contributed by atoms with Gasteiger partial charge < -0.3 is 39.6 Å². The van der Waals surface area contributed by atoms with Crippen molar-refractivity contribution in [3.05, 3.63) is 116 Å². The van der Waals surface area contributed by atoms with Gasteiger partial charge in [0.15, 0.2) is 5.71 Å². The smallest absolute Gasteiger partial charge is 0.391 e. The molecule has 3 aromatic carbocycles. The van der Waals surface area contributed by atoms with Crippen LogP contribution in [0.4, 0.5) is 11.4 Å². The maximum Gasteiger partial charge on any atom is 0.490 e. The summed E-state index contributed by atoms with van der Waals surface area (Å²) in [5.41, 5.74) is 0.497. The van der Waals surface area contributed by atoms with E-state index in [4.69, 9.17) is 14.5 Å². The quantitative estimate of drug-likeness (QED) is 0.0224. The van der Waals surface area contributed by atoms with E-state index in [9.17, 15) is 77.1 Å². The molecule has 0 amide bonds. The molecule has 3 aliphatic rings. The summed E-state index contributed by atoms with van der Waals surface area (Å²) in [5.74, 6) is 0. The molecule has 0 aliphatic carbocycles. The summed E-state index contributed by atoms with van der Waals surface area (Å²) >= 11 is 0. The molecule has 4 heterocycles. The average molecular weight is 1230 g/mol. The number of unbranched alkanes of at least 4 members (excludes halogenated alkanes) is 2. The fraction of sp³-hybridized carbons (Fsp3) is 0.400. The second-order valence-corrected chi connectivity index (χ2v) is 28.1. The van der Waals surface area contributed by atoms with E-state index in [0.29, 0.717) is 67.5 Å². The molecule has 1 aromatic heterocycles. The lowest BCUT2D eigenvalue weighted by Gasteiger charge is -2.25. The number of aromatic amines is 1. The Bertz CT molecular complexity index is 3870. The molecular weight excluding hydrogens is 1170 g/mol. The van der Waals surface area contributed by atoms with Crippen molar-refractivity contribution in [1.29, 1.82) is 0 Å². The number of nitrogens with one attached hydrogen (secondary N) is 2. The Morgan fingerprint density at radius 3 is 2.15 bits per heavy atom. The molecule has 0 bridgehead atoms. The number of H-pyrrole nitrogens is 1. The highest BCUT2D eigenvalue weighted by atomic mass is 32.2. The van der Waals surface area contributed by atoms with Gasteiger partial charge in [-0.05, 0) is 99.3 Å². The standard InChI is InChI=1S/C45H56N5O23P3S3/c1-6-48-33-15-13-28(77(61,62)63)22-32(33)44(2,3)38(48)11-10-12-39-45(4,5)41-31-21-29(78(64,65)66)23-37(79(67,68)69)30(31)14-16-34(41)49(39)20-9-7-8-18-46-19-17-27-25-50(43(53)47-42(27)52)40-24-35(51)36(71-40)26-70-75(57,58)73-76(59,60)72-74(54,55)56/h10-17,19,21-23,25,35-36,40,46,51H,6-9,18,20,24,26H2,1-5H3,(H7-,47,52,53,54,55,56,57,58,59,60,61,62,63,64,65,66,67,68,69)/p+1/b19-17+. The summed E-state index contributed by atoms with van der Waals surface area (Å²) < 4.78 is 160. The molecule has 79 heavy (non-hydrogen) atoms. The van der Waals surface area contributed by atoms with Gasteiger partial charge in [0, 0.05) is 72.0 Å². The number of aliphatic hydroxyl groups excluding tert-OH is 1. The molecule has 7 rings (SSSR count). The van der Waals surface area contributed by atoms with Crippen LogP contribution < -0.4 is 21.5 Å². The summed E-state index contributed by atoms with van der Waals surface area (Å²) in [7, 11) is -31.5. The maximum atomic E-state index is 12.8. The maximum absolute atomic E-state index is 12.8. The Morgan fingerprint density at radius 1 is 0.835 bits per heavy atom. The molecule has 5 unspecified atom stereocenters. The van der Waals surface area contributed by atoms with Crippen molar-refractivity contribution in [2.75, 3.05) is 31.1 Å². The van der Waals surface area contributed by atoms with E-state index in [1.165, 1.54) is 30.5 Å². The first-order valence-electron chi connectivity index (χ1n) is 23.7. The Balaban J connectivity index is 1.08. The van der Waals surface area contributed by atoms with Crippen LogP contribution in [-0.2, 0) is 72.8 Å². The molecule has 0 radical (unpaired) electrons. The minimum Gasteiger partial charge on any atom is -0.391 e. The zero-order valence-electron chi connectivity index (χ0n) is 42.5. The van der Waals surface area contributed by atoms with Gasteiger partial charge in [-0.3, -0.25) is 32.5 Å². The van der Waals surface area contributed by atoms with Crippen LogP contribution in [0.2, 0.25) is 0 Å². The number of phosphoric ester groups is 1. The van der Waals surface area contributed by atoms with Crippen LogP contribution in [0.25, 0.3) is 16.8 Å². The Morgan fingerprint density at radius 2 is 1.52 bits per heavy atom. The number of nitrogens with zero attached hydrogens (tertiary/aromatic N) is 3. The summed E-state index contributed by atoms with van der Waals surface area (Å²) in [6.45, 7) is 9.75. The summed E-state index contributed by atoms with van der Waals surface area (Å²) in [5, 5.41) is 13.8. The number of fused-ring (bicyclic) bond motifs is 4. The normalized spacial score (nSPS) is 21.6. The first-order chi connectivity index (χ1) is 36.4. The van der Waals surface area contributed by atoms with Gasteiger partial charge in [-0.1, -0.05) is 19.9 Å². The van der Waals surface area contributed by atoms with Crippen molar-refractivity contribution in [2.45, 2.75) is 104 Å². The van der Waals surface area contributed by atoms with Crippen molar-refractivity contribution in [3.63, 3.8) is 0 Å². The SMILES string of the molecule is CCN1/C(=C/C=C/C2=[N+](CCCCCN/C=C/c3cn(C4CC(O)C(COP(=O)(O)OP(=O)(O)OP(=O)(O)O)O4)c(=O)[nH]c3=O)c3ccc4c(S(=O)(=O)O)cc(S(=O)(=O)O)cc4c3C2(C)C)C(C)(C)c2cc(S(=O)(=O)O)ccc21. The number of aromatic nitrogens is 2. The molecule has 1 saturated heterocycles. The number of benzene rings is 3. The zero-order valence-corrected chi connectivity index (χ0v) is 47.6. The third kappa shape index (κ3) is 13.7. The second-order valence-electron chi connectivity index (χ2n) is 19.4. The van der Waals surface area contributed by atoms with Gasteiger partial charge in [-0.25, -0.2) is 18.5 Å². The number of likely N-dealkylation sites (N-methyl/N-ethyl adjacent to an activating group) is 1. The van der Waals surface area contributed by atoms with Crippen LogP contribution in [0.15, 0.2) is 103 Å². The van der Waals surface area contributed by atoms with Crippen molar-refractivity contribution < 1.29 is 99.7 Å². The van der Waals surface area contributed by atoms with E-state index in [2.05, 4.69) is 23.4 Å². The van der Waals surface area contributed by atoms with E-state index in [1.54, 1.807) is 12.1 Å². The van der Waals surface area contributed by atoms with Gasteiger partial charge in [0.2, 0.25) is 5.69 Å². The molecule has 0 saturated carbocycles. The monoisotopic (exact) mass is 1220 g/mol. The highest BCUT2D eigenvalue weighted by Crippen LogP contribution is 2.66. The lowest BCUT2D eigenvalue weighted by molar-refractivity contribution is -0.438. The van der Waals surface area contributed by atoms with Crippen LogP contribution in [0.1, 0.15) is 83.2 Å². The van der Waals surface area contributed by atoms with Crippen molar-refractivity contribution in [3.8, 4) is 0 Å². The predicted octanol–water partition coefficient (Wildman–Crippen LogP) is 4.49. The van der Waals surface area contributed by atoms with Crippen LogP contribution >= 0.6 is 23.5 Å². The first kappa shape index (κ1) is 61.8. The molecule has 0 spiro atoms. The number of allylic oxidation sites excluding steroid dienone is 4. The number of hydrogen-bond donors (Lipinski definition) is 10. The van der Waals surface area contributed by atoms with E-state index in [0.717, 1.165) is 28.2 Å². The molecule has 3 aliphatic heterocycles. The van der Waals surface area contributed by atoms with Gasteiger partial charge in [0.05, 0.1) is 33.5 Å². The first-order valence-corrected chi connectivity index (χ1v) is 32.6. The molecule has 1 fully saturated rings. The van der Waals surface area contributed by atoms with Crippen molar-refractivity contribution in [2.24, 2.45) is 0 Å². The third-order valence-electron chi connectivity index (χ3n) is 13.4. The van der Waals surface area contributed by atoms with Gasteiger partial charge >= 0.3 is 29.2 Å². The zero-order chi connectivity index (χ0) is 58.6. The number of phosphoric acid groups is 3. The topological polar surface area (TPSA) is 426 Å². The van der Waals surface area contributed by atoms with Gasteiger partial charge in [0.25, 0.3) is 35.9 Å². The van der Waals surface area contributed by atoms with Gasteiger partial charge in [-0.2, -0.15) is 38.5 Å². The molecule has 5 atom stereocenters. The van der Waals surface area contributed by atoms with Crippen LogP contribution in [0.5, 0.6) is 0 Å². The van der Waals surface area contributed by atoms with Crippen LogP contribution in [0.3, 0.4) is 0 Å².